The van der Waals surface area contributed by atoms with Gasteiger partial charge in [0.2, 0.25) is 0 Å². The van der Waals surface area contributed by atoms with Gasteiger partial charge in [0.15, 0.2) is 0 Å². The number of rotatable bonds is 0. The Labute approximate surface area is 64.3 Å². The zero-order valence-corrected chi connectivity index (χ0v) is 5.32. The average molecular weight is 138 g/mol. The quantitative estimate of drug-likeness (QED) is 0.303. The first-order chi connectivity index (χ1) is 1.73. The van der Waals surface area contributed by atoms with Gasteiger partial charge >= 0.3 is 18.9 Å². The molecule has 0 radical (unpaired) electrons. The molecule has 0 aliphatic carbocycles. The van der Waals surface area contributed by atoms with Crippen LogP contribution in [0.2, 0.25) is 0 Å². The fraction of sp³-hybridized carbons (Fsp3) is 0.500. The van der Waals surface area contributed by atoms with E-state index in [1.165, 1.54) is 0 Å². The zero-order chi connectivity index (χ0) is 3.58. The van der Waals surface area contributed by atoms with Crippen LogP contribution in [-0.4, -0.2) is 27.9 Å². The SMILES string of the molecule is CC(=O)[O-].O.O.O.O.[Li+]. The topological polar surface area (TPSA) is 166 Å². The van der Waals surface area contributed by atoms with E-state index in [0.717, 1.165) is 6.92 Å². The van der Waals surface area contributed by atoms with Crippen molar-refractivity contribution in [3.63, 3.8) is 0 Å². The van der Waals surface area contributed by atoms with Crippen molar-refractivity contribution in [3.05, 3.63) is 0 Å². The molecular weight excluding hydrogens is 127 g/mol. The molecule has 0 spiro atoms. The van der Waals surface area contributed by atoms with E-state index in [2.05, 4.69) is 0 Å². The Hall–Kier alpha value is -0.0926. The summed E-state index contributed by atoms with van der Waals surface area (Å²) in [6.07, 6.45) is 0. The Bertz CT molecular complexity index is 34.0. The summed E-state index contributed by atoms with van der Waals surface area (Å²) in [4.78, 5) is 8.89. The van der Waals surface area contributed by atoms with Crippen LogP contribution >= 0.6 is 0 Å². The molecule has 0 aromatic heterocycles. The maximum atomic E-state index is 8.89. The van der Waals surface area contributed by atoms with Gasteiger partial charge in [0.05, 0.1) is 0 Å². The van der Waals surface area contributed by atoms with Crippen LogP contribution in [0.3, 0.4) is 0 Å². The predicted molar refractivity (Wildman–Crippen MR) is 25.1 cm³/mol. The van der Waals surface area contributed by atoms with E-state index in [4.69, 9.17) is 9.90 Å². The second-order valence-corrected chi connectivity index (χ2v) is 0.492. The van der Waals surface area contributed by atoms with E-state index in [-0.39, 0.29) is 40.8 Å². The normalized spacial score (nSPS) is 2.78. The Morgan fingerprint density at radius 2 is 1.11 bits per heavy atom. The first-order valence-electron chi connectivity index (χ1n) is 0.908. The van der Waals surface area contributed by atoms with Gasteiger partial charge in [-0.3, -0.25) is 0 Å². The largest absolute Gasteiger partial charge is 1.00 e. The molecule has 8 N–H and O–H groups in total. The van der Waals surface area contributed by atoms with Gasteiger partial charge in [-0.05, 0) is 6.92 Å². The summed E-state index contributed by atoms with van der Waals surface area (Å²) in [6.45, 7) is 0.972. The molecule has 0 bridgehead atoms. The number of hydrogen-bond acceptors (Lipinski definition) is 2. The Balaban J connectivity index is -0.00000000450. The standard InChI is InChI=1S/C2H4O2.Li.4H2O/c1-2(3)4;;;;;/h1H3,(H,3,4);;4*1H2/q;+1;;;;/p-1. The molecule has 0 saturated carbocycles. The maximum absolute atomic E-state index is 8.89. The number of carboxylic acids is 1. The average Bonchev–Trinajstić information content (AvgIpc) is 0.811. The fourth-order valence-electron chi connectivity index (χ4n) is 0. The zero-order valence-electron chi connectivity index (χ0n) is 5.32. The summed E-state index contributed by atoms with van der Waals surface area (Å²) in [5, 5.41) is 8.89. The number of hydrogen-bond donors (Lipinski definition) is 0. The van der Waals surface area contributed by atoms with Gasteiger partial charge in [-0.15, -0.1) is 0 Å². The molecule has 6 nitrogen and oxygen atoms in total. The number of carbonyl (C=O) groups excluding carboxylic acids is 1. The van der Waals surface area contributed by atoms with Crippen molar-refractivity contribution < 1.29 is 50.7 Å². The molecule has 0 heterocycles. The molecule has 0 rings (SSSR count). The minimum absolute atomic E-state index is 0. The van der Waals surface area contributed by atoms with Crippen molar-refractivity contribution in [1.82, 2.24) is 0 Å². The number of aliphatic carboxylic acids is 1. The molecule has 0 fully saturated rings. The first kappa shape index (κ1) is 65.9. The van der Waals surface area contributed by atoms with E-state index in [1.807, 2.05) is 0 Å². The summed E-state index contributed by atoms with van der Waals surface area (Å²) in [5.41, 5.74) is 0. The van der Waals surface area contributed by atoms with Crippen LogP contribution in [-0.2, 0) is 4.79 Å². The molecule has 9 heavy (non-hydrogen) atoms. The molecule has 0 aromatic rings. The van der Waals surface area contributed by atoms with Crippen LogP contribution in [0.1, 0.15) is 6.92 Å². The minimum atomic E-state index is -1.08. The van der Waals surface area contributed by atoms with Crippen molar-refractivity contribution in [3.8, 4) is 0 Å². The third kappa shape index (κ3) is 32200. The van der Waals surface area contributed by atoms with Gasteiger partial charge in [0.1, 0.15) is 0 Å². The maximum Gasteiger partial charge on any atom is 1.00 e. The first-order valence-corrected chi connectivity index (χ1v) is 0.908. The second kappa shape index (κ2) is 44.6. The summed E-state index contributed by atoms with van der Waals surface area (Å²) in [5.74, 6) is -1.08. The van der Waals surface area contributed by atoms with E-state index in [9.17, 15) is 0 Å². The van der Waals surface area contributed by atoms with Gasteiger partial charge in [0, 0.05) is 5.97 Å². The molecule has 7 heteroatoms. The van der Waals surface area contributed by atoms with Gasteiger partial charge < -0.3 is 31.8 Å². The number of carboxylic acid groups (broad SMARTS) is 1. The Morgan fingerprint density at radius 3 is 1.11 bits per heavy atom. The minimum Gasteiger partial charge on any atom is -0.550 e. The van der Waals surface area contributed by atoms with E-state index in [1.54, 1.807) is 0 Å². The molecule has 0 aliphatic heterocycles. The fourth-order valence-corrected chi connectivity index (χ4v) is 0. The molecule has 0 aliphatic rings. The van der Waals surface area contributed by atoms with E-state index >= 15 is 0 Å². The van der Waals surface area contributed by atoms with Gasteiger partial charge in [-0.2, -0.15) is 0 Å². The third-order valence-corrected chi connectivity index (χ3v) is 0. The summed E-state index contributed by atoms with van der Waals surface area (Å²) in [7, 11) is 0. The monoisotopic (exact) mass is 138 g/mol. The van der Waals surface area contributed by atoms with Gasteiger partial charge in [0.25, 0.3) is 0 Å². The molecule has 56 valence electrons. The van der Waals surface area contributed by atoms with Crippen molar-refractivity contribution in [2.24, 2.45) is 0 Å². The van der Waals surface area contributed by atoms with Crippen LogP contribution in [0, 0.1) is 0 Å². The van der Waals surface area contributed by atoms with Crippen LogP contribution in [0.4, 0.5) is 0 Å². The van der Waals surface area contributed by atoms with Crippen LogP contribution < -0.4 is 24.0 Å². The molecular formula is C2H11LiO6. The van der Waals surface area contributed by atoms with Crippen molar-refractivity contribution in [1.29, 1.82) is 0 Å². The van der Waals surface area contributed by atoms with Crippen molar-refractivity contribution in [2.45, 2.75) is 6.92 Å². The second-order valence-electron chi connectivity index (χ2n) is 0.492. The smallest absolute Gasteiger partial charge is 0.550 e. The van der Waals surface area contributed by atoms with Crippen molar-refractivity contribution >= 4 is 5.97 Å². The Kier molecular flexibility index (Phi) is 327. The Morgan fingerprint density at radius 1 is 1.11 bits per heavy atom. The summed E-state index contributed by atoms with van der Waals surface area (Å²) < 4.78 is 0. The van der Waals surface area contributed by atoms with Crippen molar-refractivity contribution in [2.75, 3.05) is 0 Å². The molecule has 0 amide bonds. The predicted octanol–water partition coefficient (Wildman–Crippen LogP) is -7.54. The summed E-state index contributed by atoms with van der Waals surface area (Å²) in [6, 6.07) is 0. The van der Waals surface area contributed by atoms with E-state index in [0.29, 0.717) is 0 Å². The molecule has 0 saturated heterocycles. The van der Waals surface area contributed by atoms with Crippen LogP contribution in [0.25, 0.3) is 0 Å². The van der Waals surface area contributed by atoms with E-state index < -0.39 is 5.97 Å². The van der Waals surface area contributed by atoms with Gasteiger partial charge in [-0.25, -0.2) is 0 Å². The van der Waals surface area contributed by atoms with Crippen LogP contribution in [0.5, 0.6) is 0 Å². The van der Waals surface area contributed by atoms with Crippen LogP contribution in [0.15, 0.2) is 0 Å². The summed E-state index contributed by atoms with van der Waals surface area (Å²) >= 11 is 0. The number of carbonyl (C=O) groups is 1. The molecule has 0 aromatic carbocycles. The third-order valence-electron chi connectivity index (χ3n) is 0. The van der Waals surface area contributed by atoms with Gasteiger partial charge in [-0.1, -0.05) is 0 Å². The molecule has 0 unspecified atom stereocenters. The molecule has 0 atom stereocenters.